The van der Waals surface area contributed by atoms with Gasteiger partial charge < -0.3 is 9.47 Å². The summed E-state index contributed by atoms with van der Waals surface area (Å²) in [5.74, 6) is 1.58. The SMILES string of the molecule is CC(Br)c1cn(CC2COc3ccccc3O2)nn1. The number of hydrogen-bond donors (Lipinski definition) is 0. The predicted octanol–water partition coefficient (Wildman–Crippen LogP) is 2.57. The maximum atomic E-state index is 5.88. The molecule has 0 aliphatic carbocycles. The van der Waals surface area contributed by atoms with Gasteiger partial charge in [0.25, 0.3) is 0 Å². The van der Waals surface area contributed by atoms with E-state index < -0.39 is 0 Å². The van der Waals surface area contributed by atoms with E-state index in [0.717, 1.165) is 17.2 Å². The molecular formula is C13H14BrN3O2. The minimum absolute atomic E-state index is 0.0462. The fourth-order valence-electron chi connectivity index (χ4n) is 1.95. The molecule has 0 radical (unpaired) electrons. The molecule has 5 nitrogen and oxygen atoms in total. The molecule has 0 spiro atoms. The molecule has 0 fully saturated rings. The fraction of sp³-hybridized carbons (Fsp3) is 0.385. The van der Waals surface area contributed by atoms with E-state index in [9.17, 15) is 0 Å². The Morgan fingerprint density at radius 3 is 2.95 bits per heavy atom. The van der Waals surface area contributed by atoms with E-state index in [0.29, 0.717) is 13.2 Å². The van der Waals surface area contributed by atoms with Crippen molar-refractivity contribution in [2.24, 2.45) is 0 Å². The minimum Gasteiger partial charge on any atom is -0.486 e. The number of aromatic nitrogens is 3. The molecule has 1 aromatic carbocycles. The van der Waals surface area contributed by atoms with Crippen molar-refractivity contribution in [3.05, 3.63) is 36.2 Å². The zero-order chi connectivity index (χ0) is 13.2. The van der Waals surface area contributed by atoms with Crippen LogP contribution in [0, 0.1) is 0 Å². The Morgan fingerprint density at radius 1 is 1.42 bits per heavy atom. The molecule has 1 aromatic heterocycles. The molecule has 6 heteroatoms. The standard InChI is InChI=1S/C13H14BrN3O2/c1-9(14)11-7-17(16-15-11)6-10-8-18-12-4-2-3-5-13(12)19-10/h2-5,7,9-10H,6,8H2,1H3. The highest BCUT2D eigenvalue weighted by Gasteiger charge is 2.21. The molecule has 2 heterocycles. The van der Waals surface area contributed by atoms with Crippen LogP contribution < -0.4 is 9.47 Å². The number of hydrogen-bond acceptors (Lipinski definition) is 4. The van der Waals surface area contributed by atoms with Gasteiger partial charge in [0.05, 0.1) is 17.1 Å². The lowest BCUT2D eigenvalue weighted by Crippen LogP contribution is -2.33. The van der Waals surface area contributed by atoms with Gasteiger partial charge in [0.2, 0.25) is 0 Å². The third-order valence-corrected chi connectivity index (χ3v) is 3.39. The number of rotatable bonds is 3. The first kappa shape index (κ1) is 12.5. The van der Waals surface area contributed by atoms with E-state index in [-0.39, 0.29) is 10.9 Å². The smallest absolute Gasteiger partial charge is 0.161 e. The second kappa shape index (κ2) is 5.21. The Labute approximate surface area is 119 Å². The van der Waals surface area contributed by atoms with Gasteiger partial charge in [-0.2, -0.15) is 0 Å². The number of halogens is 1. The van der Waals surface area contributed by atoms with Crippen molar-refractivity contribution in [3.63, 3.8) is 0 Å². The van der Waals surface area contributed by atoms with E-state index in [1.807, 2.05) is 37.4 Å². The van der Waals surface area contributed by atoms with Crippen molar-refractivity contribution in [2.45, 2.75) is 24.4 Å². The molecule has 2 unspecified atom stereocenters. The van der Waals surface area contributed by atoms with Crippen molar-refractivity contribution in [1.29, 1.82) is 0 Å². The lowest BCUT2D eigenvalue weighted by atomic mass is 10.2. The first-order valence-electron chi connectivity index (χ1n) is 6.15. The van der Waals surface area contributed by atoms with Gasteiger partial charge in [-0.15, -0.1) is 5.10 Å². The largest absolute Gasteiger partial charge is 0.486 e. The highest BCUT2D eigenvalue weighted by atomic mass is 79.9. The topological polar surface area (TPSA) is 49.2 Å². The number of ether oxygens (including phenoxy) is 2. The third-order valence-electron chi connectivity index (χ3n) is 2.92. The summed E-state index contributed by atoms with van der Waals surface area (Å²) in [5.41, 5.74) is 0.914. The molecule has 2 aromatic rings. The van der Waals surface area contributed by atoms with Gasteiger partial charge in [-0.3, -0.25) is 0 Å². The van der Waals surface area contributed by atoms with Crippen LogP contribution >= 0.6 is 15.9 Å². The first-order valence-corrected chi connectivity index (χ1v) is 7.06. The monoisotopic (exact) mass is 323 g/mol. The predicted molar refractivity (Wildman–Crippen MR) is 73.7 cm³/mol. The lowest BCUT2D eigenvalue weighted by Gasteiger charge is -2.26. The molecular weight excluding hydrogens is 310 g/mol. The zero-order valence-corrected chi connectivity index (χ0v) is 12.1. The van der Waals surface area contributed by atoms with E-state index in [2.05, 4.69) is 26.2 Å². The number of alkyl halides is 1. The van der Waals surface area contributed by atoms with Crippen LogP contribution in [0.4, 0.5) is 0 Å². The molecule has 0 bridgehead atoms. The average molecular weight is 324 g/mol. The van der Waals surface area contributed by atoms with Gasteiger partial charge in [-0.05, 0) is 19.1 Å². The second-order valence-corrected chi connectivity index (χ2v) is 5.85. The molecule has 2 atom stereocenters. The van der Waals surface area contributed by atoms with Gasteiger partial charge in [-0.1, -0.05) is 33.3 Å². The summed E-state index contributed by atoms with van der Waals surface area (Å²) in [6.07, 6.45) is 1.87. The maximum absolute atomic E-state index is 5.88. The van der Waals surface area contributed by atoms with Crippen molar-refractivity contribution < 1.29 is 9.47 Å². The van der Waals surface area contributed by atoms with E-state index in [1.165, 1.54) is 0 Å². The third kappa shape index (κ3) is 2.73. The highest BCUT2D eigenvalue weighted by Crippen LogP contribution is 2.31. The van der Waals surface area contributed by atoms with Gasteiger partial charge in [-0.25, -0.2) is 4.68 Å². The Balaban J connectivity index is 1.68. The molecule has 1 aliphatic heterocycles. The summed E-state index contributed by atoms with van der Waals surface area (Å²) in [7, 11) is 0. The van der Waals surface area contributed by atoms with Crippen LogP contribution in [0.25, 0.3) is 0 Å². The van der Waals surface area contributed by atoms with E-state index in [4.69, 9.17) is 9.47 Å². The van der Waals surface area contributed by atoms with Gasteiger partial charge >= 0.3 is 0 Å². The molecule has 3 rings (SSSR count). The van der Waals surface area contributed by atoms with Gasteiger partial charge in [0.1, 0.15) is 6.61 Å². The van der Waals surface area contributed by atoms with Crippen LogP contribution in [0.5, 0.6) is 11.5 Å². The summed E-state index contributed by atoms with van der Waals surface area (Å²) in [6.45, 7) is 3.17. The number of benzene rings is 1. The van der Waals surface area contributed by atoms with Crippen LogP contribution in [0.15, 0.2) is 30.5 Å². The van der Waals surface area contributed by atoms with Gasteiger partial charge in [0, 0.05) is 6.20 Å². The average Bonchev–Trinajstić information content (AvgIpc) is 2.87. The Bertz CT molecular complexity index is 571. The fourth-order valence-corrected chi connectivity index (χ4v) is 2.16. The molecule has 100 valence electrons. The van der Waals surface area contributed by atoms with Crippen LogP contribution in [0.3, 0.4) is 0 Å². The number of fused-ring (bicyclic) bond motifs is 1. The first-order chi connectivity index (χ1) is 9.22. The zero-order valence-electron chi connectivity index (χ0n) is 10.5. The Morgan fingerprint density at radius 2 is 2.21 bits per heavy atom. The van der Waals surface area contributed by atoms with E-state index in [1.54, 1.807) is 4.68 Å². The Kier molecular flexibility index (Phi) is 3.42. The number of nitrogens with zero attached hydrogens (tertiary/aromatic N) is 3. The summed E-state index contributed by atoms with van der Waals surface area (Å²) >= 11 is 3.47. The van der Waals surface area contributed by atoms with Crippen molar-refractivity contribution in [2.75, 3.05) is 6.61 Å². The molecule has 0 saturated heterocycles. The normalized spacial score (nSPS) is 19.2. The molecule has 1 aliphatic rings. The summed E-state index contributed by atoms with van der Waals surface area (Å²) < 4.78 is 13.3. The van der Waals surface area contributed by atoms with Crippen molar-refractivity contribution >= 4 is 15.9 Å². The van der Waals surface area contributed by atoms with Crippen molar-refractivity contribution in [1.82, 2.24) is 15.0 Å². The number of para-hydroxylation sites is 2. The Hall–Kier alpha value is -1.56. The second-order valence-electron chi connectivity index (χ2n) is 4.48. The molecule has 0 saturated carbocycles. The molecule has 0 N–H and O–H groups in total. The lowest BCUT2D eigenvalue weighted by molar-refractivity contribution is 0.0755. The van der Waals surface area contributed by atoms with Crippen molar-refractivity contribution in [3.8, 4) is 11.5 Å². The summed E-state index contributed by atoms with van der Waals surface area (Å²) in [4.78, 5) is 0.200. The summed E-state index contributed by atoms with van der Waals surface area (Å²) in [6, 6.07) is 7.69. The van der Waals surface area contributed by atoms with Crippen LogP contribution in [-0.2, 0) is 6.54 Å². The summed E-state index contributed by atoms with van der Waals surface area (Å²) in [5, 5.41) is 8.18. The molecule has 19 heavy (non-hydrogen) atoms. The quantitative estimate of drug-likeness (QED) is 0.814. The van der Waals surface area contributed by atoms with E-state index >= 15 is 0 Å². The minimum atomic E-state index is -0.0462. The van der Waals surface area contributed by atoms with Crippen LogP contribution in [-0.4, -0.2) is 27.7 Å². The molecule has 0 amide bonds. The highest BCUT2D eigenvalue weighted by molar-refractivity contribution is 9.09. The maximum Gasteiger partial charge on any atom is 0.161 e. The van der Waals surface area contributed by atoms with Crippen LogP contribution in [0.1, 0.15) is 17.4 Å². The van der Waals surface area contributed by atoms with Gasteiger partial charge in [0.15, 0.2) is 17.6 Å². The van der Waals surface area contributed by atoms with Crippen LogP contribution in [0.2, 0.25) is 0 Å².